The summed E-state index contributed by atoms with van der Waals surface area (Å²) in [6, 6.07) is 10.5. The van der Waals surface area contributed by atoms with Crippen LogP contribution in [0.15, 0.2) is 42.5 Å². The van der Waals surface area contributed by atoms with Crippen LogP contribution in [-0.4, -0.2) is 35.6 Å². The van der Waals surface area contributed by atoms with E-state index in [1.54, 1.807) is 37.3 Å². The molecule has 0 aliphatic carbocycles. The summed E-state index contributed by atoms with van der Waals surface area (Å²) in [6.07, 6.45) is 0. The van der Waals surface area contributed by atoms with Gasteiger partial charge in [0.15, 0.2) is 5.78 Å². The molecule has 1 aliphatic rings. The fourth-order valence-electron chi connectivity index (χ4n) is 3.31. The number of nitrogens with zero attached hydrogens (tertiary/aromatic N) is 1. The van der Waals surface area contributed by atoms with E-state index in [-0.39, 0.29) is 17.9 Å². The third-order valence-electron chi connectivity index (χ3n) is 5.01. The molecule has 2 aromatic rings. The average molecular weight is 395 g/mol. The van der Waals surface area contributed by atoms with Crippen molar-refractivity contribution in [2.24, 2.45) is 5.73 Å². The maximum Gasteiger partial charge on any atom is 0.325 e. The minimum Gasteiger partial charge on any atom is -0.496 e. The zero-order valence-corrected chi connectivity index (χ0v) is 16.3. The molecule has 1 atom stereocenters. The first kappa shape index (κ1) is 20.1. The molecule has 1 fully saturated rings. The number of methoxy groups -OCH3 is 1. The number of carbonyl (C=O) groups is 4. The molecule has 29 heavy (non-hydrogen) atoms. The Hall–Kier alpha value is -3.68. The van der Waals surface area contributed by atoms with E-state index >= 15 is 0 Å². The van der Waals surface area contributed by atoms with E-state index in [1.165, 1.54) is 26.2 Å². The Morgan fingerprint density at radius 1 is 1.14 bits per heavy atom. The summed E-state index contributed by atoms with van der Waals surface area (Å²) in [5, 5.41) is 2.69. The molecular weight excluding hydrogens is 374 g/mol. The van der Waals surface area contributed by atoms with Crippen LogP contribution in [0.4, 0.5) is 4.79 Å². The lowest BCUT2D eigenvalue weighted by molar-refractivity contribution is -0.131. The number of urea groups is 1. The molecule has 0 aromatic heterocycles. The molecule has 1 aliphatic heterocycles. The number of imide groups is 1. The molecule has 0 saturated carbocycles. The SMILES string of the molecule is COc1ccc(C(C)=O)cc1CN1C(=O)NC(C)(c2cccc(C(N)=O)c2)C1=O. The fourth-order valence-corrected chi connectivity index (χ4v) is 3.31. The van der Waals surface area contributed by atoms with Gasteiger partial charge in [-0.25, -0.2) is 4.79 Å². The van der Waals surface area contributed by atoms with Crippen molar-refractivity contribution in [1.29, 1.82) is 0 Å². The first-order valence-corrected chi connectivity index (χ1v) is 8.89. The minimum atomic E-state index is -1.35. The van der Waals surface area contributed by atoms with E-state index in [1.807, 2.05) is 0 Å². The quantitative estimate of drug-likeness (QED) is 0.572. The van der Waals surface area contributed by atoms with Gasteiger partial charge in [0.25, 0.3) is 5.91 Å². The maximum atomic E-state index is 13.2. The monoisotopic (exact) mass is 395 g/mol. The maximum absolute atomic E-state index is 13.2. The first-order chi connectivity index (χ1) is 13.7. The van der Waals surface area contributed by atoms with Crippen LogP contribution in [0.1, 0.15) is 45.7 Å². The predicted octanol–water partition coefficient (Wildman–Crippen LogP) is 1.96. The molecule has 0 radical (unpaired) electrons. The Morgan fingerprint density at radius 2 is 1.86 bits per heavy atom. The van der Waals surface area contributed by atoms with Crippen molar-refractivity contribution in [3.8, 4) is 5.75 Å². The predicted molar refractivity (Wildman–Crippen MR) is 104 cm³/mol. The summed E-state index contributed by atoms with van der Waals surface area (Å²) in [5.74, 6) is -0.798. The second-order valence-corrected chi connectivity index (χ2v) is 6.97. The van der Waals surface area contributed by atoms with E-state index in [0.29, 0.717) is 22.4 Å². The van der Waals surface area contributed by atoms with Crippen molar-refractivity contribution in [3.63, 3.8) is 0 Å². The van der Waals surface area contributed by atoms with Gasteiger partial charge in [-0.05, 0) is 49.7 Å². The van der Waals surface area contributed by atoms with E-state index in [4.69, 9.17) is 10.5 Å². The third kappa shape index (κ3) is 3.56. The molecular formula is C21H21N3O5. The number of amides is 4. The van der Waals surface area contributed by atoms with Gasteiger partial charge < -0.3 is 15.8 Å². The first-order valence-electron chi connectivity index (χ1n) is 8.89. The summed E-state index contributed by atoms with van der Waals surface area (Å²) >= 11 is 0. The zero-order valence-electron chi connectivity index (χ0n) is 16.3. The largest absolute Gasteiger partial charge is 0.496 e. The number of nitrogens with two attached hydrogens (primary N) is 1. The lowest BCUT2D eigenvalue weighted by Crippen LogP contribution is -2.41. The van der Waals surface area contributed by atoms with Crippen molar-refractivity contribution in [3.05, 3.63) is 64.7 Å². The highest BCUT2D eigenvalue weighted by Gasteiger charge is 2.49. The highest BCUT2D eigenvalue weighted by molar-refractivity contribution is 6.07. The molecule has 0 spiro atoms. The van der Waals surface area contributed by atoms with Crippen LogP contribution < -0.4 is 15.8 Å². The number of ketones is 1. The van der Waals surface area contributed by atoms with Gasteiger partial charge in [0.05, 0.1) is 13.7 Å². The summed E-state index contributed by atoms with van der Waals surface area (Å²) < 4.78 is 5.31. The van der Waals surface area contributed by atoms with Gasteiger partial charge in [-0.1, -0.05) is 12.1 Å². The topological polar surface area (TPSA) is 119 Å². The molecule has 8 nitrogen and oxygen atoms in total. The van der Waals surface area contributed by atoms with Gasteiger partial charge in [0.2, 0.25) is 5.91 Å². The average Bonchev–Trinajstić information content (AvgIpc) is 2.92. The highest BCUT2D eigenvalue weighted by atomic mass is 16.5. The van der Waals surface area contributed by atoms with Crippen LogP contribution in [0.25, 0.3) is 0 Å². The van der Waals surface area contributed by atoms with Gasteiger partial charge in [-0.15, -0.1) is 0 Å². The van der Waals surface area contributed by atoms with Crippen LogP contribution >= 0.6 is 0 Å². The van der Waals surface area contributed by atoms with Crippen LogP contribution in [-0.2, 0) is 16.9 Å². The number of benzene rings is 2. The molecule has 1 heterocycles. The second-order valence-electron chi connectivity index (χ2n) is 6.97. The van der Waals surface area contributed by atoms with Crippen molar-refractivity contribution in [2.75, 3.05) is 7.11 Å². The van der Waals surface area contributed by atoms with Gasteiger partial charge in [-0.2, -0.15) is 0 Å². The van der Waals surface area contributed by atoms with Gasteiger partial charge >= 0.3 is 6.03 Å². The molecule has 150 valence electrons. The van der Waals surface area contributed by atoms with Crippen molar-refractivity contribution >= 4 is 23.6 Å². The number of carbonyl (C=O) groups excluding carboxylic acids is 4. The van der Waals surface area contributed by atoms with Gasteiger partial charge in [-0.3, -0.25) is 19.3 Å². The molecule has 4 amide bonds. The standard InChI is InChI=1S/C21H21N3O5/c1-12(25)13-7-8-17(29-3)15(9-13)11-24-19(27)21(2,23-20(24)28)16-6-4-5-14(10-16)18(22)26/h4-10H,11H2,1-3H3,(H2,22,26)(H,23,28). The highest BCUT2D eigenvalue weighted by Crippen LogP contribution is 2.32. The lowest BCUT2D eigenvalue weighted by Gasteiger charge is -2.23. The molecule has 8 heteroatoms. The third-order valence-corrected chi connectivity index (χ3v) is 5.01. The van der Waals surface area contributed by atoms with E-state index < -0.39 is 23.4 Å². The summed E-state index contributed by atoms with van der Waals surface area (Å²) in [4.78, 5) is 50.0. The Bertz CT molecular complexity index is 1030. The lowest BCUT2D eigenvalue weighted by atomic mass is 9.90. The van der Waals surface area contributed by atoms with Crippen LogP contribution in [0.3, 0.4) is 0 Å². The van der Waals surface area contributed by atoms with Crippen molar-refractivity contribution in [1.82, 2.24) is 10.2 Å². The number of Topliss-reactive ketones (excluding diaryl/α,β-unsaturated/α-hetero) is 1. The smallest absolute Gasteiger partial charge is 0.325 e. The molecule has 1 saturated heterocycles. The molecule has 3 rings (SSSR count). The number of ether oxygens (including phenoxy) is 1. The van der Waals surface area contributed by atoms with E-state index in [2.05, 4.69) is 5.32 Å². The summed E-state index contributed by atoms with van der Waals surface area (Å²) in [5.41, 5.74) is 5.63. The number of primary amides is 1. The molecule has 2 aromatic carbocycles. The van der Waals surface area contributed by atoms with Gasteiger partial charge in [0.1, 0.15) is 11.3 Å². The van der Waals surface area contributed by atoms with Crippen LogP contribution in [0, 0.1) is 0 Å². The zero-order chi connectivity index (χ0) is 21.3. The summed E-state index contributed by atoms with van der Waals surface area (Å²) in [6.45, 7) is 2.93. The van der Waals surface area contributed by atoms with Crippen molar-refractivity contribution < 1.29 is 23.9 Å². The van der Waals surface area contributed by atoms with Crippen LogP contribution in [0.5, 0.6) is 5.75 Å². The Labute approximate surface area is 167 Å². The fraction of sp³-hybridized carbons (Fsp3) is 0.238. The number of hydrogen-bond acceptors (Lipinski definition) is 5. The molecule has 1 unspecified atom stereocenters. The number of rotatable bonds is 6. The van der Waals surface area contributed by atoms with E-state index in [0.717, 1.165) is 4.90 Å². The molecule has 3 N–H and O–H groups in total. The number of nitrogens with one attached hydrogen (secondary N) is 1. The Morgan fingerprint density at radius 3 is 2.48 bits per heavy atom. The normalized spacial score (nSPS) is 18.5. The van der Waals surface area contributed by atoms with Crippen LogP contribution in [0.2, 0.25) is 0 Å². The number of hydrogen-bond donors (Lipinski definition) is 2. The Kier molecular flexibility index (Phi) is 5.11. The summed E-state index contributed by atoms with van der Waals surface area (Å²) in [7, 11) is 1.47. The van der Waals surface area contributed by atoms with Gasteiger partial charge in [0, 0.05) is 16.7 Å². The Balaban J connectivity index is 1.96. The molecule has 0 bridgehead atoms. The second kappa shape index (κ2) is 7.38. The van der Waals surface area contributed by atoms with Crippen molar-refractivity contribution in [2.45, 2.75) is 25.9 Å². The van der Waals surface area contributed by atoms with E-state index in [9.17, 15) is 19.2 Å². The minimum absolute atomic E-state index is 0.0694.